The van der Waals surface area contributed by atoms with Gasteiger partial charge in [0.1, 0.15) is 6.10 Å². The van der Waals surface area contributed by atoms with Crippen molar-refractivity contribution in [3.05, 3.63) is 16.6 Å². The van der Waals surface area contributed by atoms with Crippen LogP contribution >= 0.6 is 36.2 Å². The molecule has 2 heterocycles. The van der Waals surface area contributed by atoms with Gasteiger partial charge in [0.05, 0.1) is 11.6 Å². The molecule has 1 aliphatic rings. The Morgan fingerprint density at radius 1 is 1.61 bits per heavy atom. The van der Waals surface area contributed by atoms with Crippen LogP contribution in [-0.2, 0) is 16.0 Å². The molecule has 1 fully saturated rings. The Bertz CT molecular complexity index is 332. The van der Waals surface area contributed by atoms with E-state index in [0.29, 0.717) is 19.7 Å². The molecule has 0 saturated carbocycles. The van der Waals surface area contributed by atoms with Crippen LogP contribution in [0.25, 0.3) is 0 Å². The summed E-state index contributed by atoms with van der Waals surface area (Å²) in [6.07, 6.45) is 2.21. The van der Waals surface area contributed by atoms with Crippen LogP contribution in [0, 0.1) is 0 Å². The Balaban J connectivity index is 0.00000144. The predicted molar refractivity (Wildman–Crippen MR) is 75.9 cm³/mol. The zero-order valence-electron chi connectivity index (χ0n) is 9.76. The Morgan fingerprint density at radius 2 is 2.44 bits per heavy atom. The maximum Gasteiger partial charge on any atom is 0.250 e. The number of nitrogens with one attached hydrogen (secondary N) is 2. The van der Waals surface area contributed by atoms with E-state index >= 15 is 0 Å². The molecule has 18 heavy (non-hydrogen) atoms. The Kier molecular flexibility index (Phi) is 9.31. The Morgan fingerprint density at radius 3 is 3.06 bits per heavy atom. The SMILES string of the molecule is Cl.Cl.O=C(NCCc1nccs1)C1CNCCO1. The predicted octanol–water partition coefficient (Wildman–Crippen LogP) is 0.634. The minimum atomic E-state index is -0.343. The van der Waals surface area contributed by atoms with Crippen molar-refractivity contribution in [2.75, 3.05) is 26.2 Å². The molecule has 1 unspecified atom stereocenters. The van der Waals surface area contributed by atoms with E-state index in [9.17, 15) is 4.79 Å². The monoisotopic (exact) mass is 313 g/mol. The van der Waals surface area contributed by atoms with E-state index in [1.165, 1.54) is 0 Å². The van der Waals surface area contributed by atoms with E-state index in [2.05, 4.69) is 15.6 Å². The second-order valence-electron chi connectivity index (χ2n) is 3.53. The summed E-state index contributed by atoms with van der Waals surface area (Å²) >= 11 is 1.60. The van der Waals surface area contributed by atoms with Crippen LogP contribution in [0.1, 0.15) is 5.01 Å². The van der Waals surface area contributed by atoms with E-state index in [-0.39, 0.29) is 36.8 Å². The highest BCUT2D eigenvalue weighted by Gasteiger charge is 2.20. The van der Waals surface area contributed by atoms with Crippen LogP contribution in [0.5, 0.6) is 0 Å². The summed E-state index contributed by atoms with van der Waals surface area (Å²) in [5.41, 5.74) is 0. The first-order valence-electron chi connectivity index (χ1n) is 5.34. The molecule has 1 saturated heterocycles. The van der Waals surface area contributed by atoms with Crippen molar-refractivity contribution in [2.24, 2.45) is 0 Å². The summed E-state index contributed by atoms with van der Waals surface area (Å²) in [5, 5.41) is 8.96. The van der Waals surface area contributed by atoms with Gasteiger partial charge in [-0.3, -0.25) is 4.79 Å². The number of carbonyl (C=O) groups excluding carboxylic acids is 1. The molecule has 0 aliphatic carbocycles. The molecular formula is C10H17Cl2N3O2S. The van der Waals surface area contributed by atoms with Crippen LogP contribution in [0.15, 0.2) is 11.6 Å². The highest BCUT2D eigenvalue weighted by Crippen LogP contribution is 2.03. The fourth-order valence-electron chi connectivity index (χ4n) is 1.52. The van der Waals surface area contributed by atoms with Crippen LogP contribution < -0.4 is 10.6 Å². The maximum absolute atomic E-state index is 11.6. The van der Waals surface area contributed by atoms with Crippen molar-refractivity contribution >= 4 is 42.1 Å². The lowest BCUT2D eigenvalue weighted by molar-refractivity contribution is -0.134. The standard InChI is InChI=1S/C10H15N3O2S.2ClH/c14-10(8-7-11-3-5-15-8)13-2-1-9-12-4-6-16-9;;/h4,6,8,11H,1-3,5,7H2,(H,13,14);2*1H. The van der Waals surface area contributed by atoms with E-state index in [1.807, 2.05) is 5.38 Å². The van der Waals surface area contributed by atoms with Crippen molar-refractivity contribution in [2.45, 2.75) is 12.5 Å². The van der Waals surface area contributed by atoms with Gasteiger partial charge in [0, 0.05) is 37.6 Å². The van der Waals surface area contributed by atoms with Gasteiger partial charge < -0.3 is 15.4 Å². The van der Waals surface area contributed by atoms with Gasteiger partial charge in [-0.05, 0) is 0 Å². The number of carbonyl (C=O) groups is 1. The van der Waals surface area contributed by atoms with Gasteiger partial charge in [-0.15, -0.1) is 36.2 Å². The largest absolute Gasteiger partial charge is 0.366 e. The average Bonchev–Trinajstić information content (AvgIpc) is 2.83. The van der Waals surface area contributed by atoms with Gasteiger partial charge in [-0.1, -0.05) is 0 Å². The van der Waals surface area contributed by atoms with Crippen LogP contribution in [-0.4, -0.2) is 43.2 Å². The van der Waals surface area contributed by atoms with Gasteiger partial charge in [0.25, 0.3) is 0 Å². The molecule has 0 radical (unpaired) electrons. The van der Waals surface area contributed by atoms with E-state index in [0.717, 1.165) is 18.0 Å². The van der Waals surface area contributed by atoms with Crippen molar-refractivity contribution in [3.8, 4) is 0 Å². The van der Waals surface area contributed by atoms with Crippen molar-refractivity contribution in [1.29, 1.82) is 0 Å². The smallest absolute Gasteiger partial charge is 0.250 e. The third kappa shape index (κ3) is 5.49. The molecule has 2 N–H and O–H groups in total. The summed E-state index contributed by atoms with van der Waals surface area (Å²) < 4.78 is 5.34. The van der Waals surface area contributed by atoms with Crippen molar-refractivity contribution in [3.63, 3.8) is 0 Å². The number of halogens is 2. The molecule has 5 nitrogen and oxygen atoms in total. The first-order valence-corrected chi connectivity index (χ1v) is 6.22. The minimum absolute atomic E-state index is 0. The number of ether oxygens (including phenoxy) is 1. The number of thiazole rings is 1. The average molecular weight is 314 g/mol. The zero-order valence-corrected chi connectivity index (χ0v) is 12.2. The lowest BCUT2D eigenvalue weighted by atomic mass is 10.3. The number of aromatic nitrogens is 1. The summed E-state index contributed by atoms with van der Waals surface area (Å²) in [6.45, 7) is 2.64. The molecule has 0 spiro atoms. The second kappa shape index (κ2) is 9.52. The Labute approximate surface area is 123 Å². The molecule has 1 aromatic heterocycles. The van der Waals surface area contributed by atoms with Gasteiger partial charge in [0.15, 0.2) is 0 Å². The van der Waals surface area contributed by atoms with Gasteiger partial charge in [0.2, 0.25) is 5.91 Å². The lowest BCUT2D eigenvalue weighted by Gasteiger charge is -2.22. The summed E-state index contributed by atoms with van der Waals surface area (Å²) in [4.78, 5) is 15.8. The quantitative estimate of drug-likeness (QED) is 0.856. The maximum atomic E-state index is 11.6. The fourth-order valence-corrected chi connectivity index (χ4v) is 2.14. The van der Waals surface area contributed by atoms with Crippen LogP contribution in [0.3, 0.4) is 0 Å². The molecule has 0 bridgehead atoms. The zero-order chi connectivity index (χ0) is 11.2. The molecule has 1 atom stereocenters. The minimum Gasteiger partial charge on any atom is -0.366 e. The Hall–Kier alpha value is -0.400. The molecule has 1 amide bonds. The molecule has 104 valence electrons. The van der Waals surface area contributed by atoms with Gasteiger partial charge in [-0.25, -0.2) is 4.98 Å². The number of nitrogens with zero attached hydrogens (tertiary/aromatic N) is 1. The number of hydrogen-bond acceptors (Lipinski definition) is 5. The van der Waals surface area contributed by atoms with Crippen molar-refractivity contribution in [1.82, 2.24) is 15.6 Å². The van der Waals surface area contributed by atoms with E-state index in [1.54, 1.807) is 17.5 Å². The van der Waals surface area contributed by atoms with Gasteiger partial charge in [-0.2, -0.15) is 0 Å². The summed E-state index contributed by atoms with van der Waals surface area (Å²) in [6, 6.07) is 0. The highest BCUT2D eigenvalue weighted by molar-refractivity contribution is 7.09. The first kappa shape index (κ1) is 17.6. The number of rotatable bonds is 4. The fraction of sp³-hybridized carbons (Fsp3) is 0.600. The molecule has 1 aromatic rings. The van der Waals surface area contributed by atoms with Crippen molar-refractivity contribution < 1.29 is 9.53 Å². The number of morpholine rings is 1. The van der Waals surface area contributed by atoms with Crippen LogP contribution in [0.4, 0.5) is 0 Å². The molecular weight excluding hydrogens is 297 g/mol. The molecule has 2 rings (SSSR count). The summed E-state index contributed by atoms with van der Waals surface area (Å²) in [5.74, 6) is -0.0382. The van der Waals surface area contributed by atoms with Crippen LogP contribution in [0.2, 0.25) is 0 Å². The van der Waals surface area contributed by atoms with Gasteiger partial charge >= 0.3 is 0 Å². The molecule has 0 aromatic carbocycles. The lowest BCUT2D eigenvalue weighted by Crippen LogP contribution is -2.48. The topological polar surface area (TPSA) is 63.2 Å². The molecule has 8 heteroatoms. The number of amides is 1. The third-order valence-electron chi connectivity index (χ3n) is 2.34. The first-order chi connectivity index (χ1) is 7.86. The van der Waals surface area contributed by atoms with E-state index < -0.39 is 0 Å². The second-order valence-corrected chi connectivity index (χ2v) is 4.51. The van der Waals surface area contributed by atoms with E-state index in [4.69, 9.17) is 4.74 Å². The normalized spacial score (nSPS) is 18.3. The molecule has 1 aliphatic heterocycles. The summed E-state index contributed by atoms with van der Waals surface area (Å²) in [7, 11) is 0. The number of hydrogen-bond donors (Lipinski definition) is 2. The third-order valence-corrected chi connectivity index (χ3v) is 3.18. The highest BCUT2D eigenvalue weighted by atomic mass is 35.5.